The van der Waals surface area contributed by atoms with E-state index in [9.17, 15) is 24.3 Å². The number of amides is 4. The number of hydrogen-bond donors (Lipinski definition) is 2. The van der Waals surface area contributed by atoms with Crippen LogP contribution >= 0.6 is 0 Å². The Morgan fingerprint density at radius 3 is 2.10 bits per heavy atom. The molecule has 3 fully saturated rings. The molecule has 4 aromatic carbocycles. The molecule has 0 bridgehead atoms. The van der Waals surface area contributed by atoms with E-state index in [1.54, 1.807) is 24.3 Å². The number of hydrogen-bond acceptors (Lipinski definition) is 7. The van der Waals surface area contributed by atoms with Crippen LogP contribution in [0, 0.1) is 44.4 Å². The first-order chi connectivity index (χ1) is 24.9. The summed E-state index contributed by atoms with van der Waals surface area (Å²) in [6.07, 6.45) is 2.50. The number of hydrazine groups is 1. The Labute approximate surface area is 301 Å². The van der Waals surface area contributed by atoms with Crippen LogP contribution in [0.15, 0.2) is 103 Å². The van der Waals surface area contributed by atoms with Crippen LogP contribution in [-0.4, -0.2) is 39.5 Å². The number of carbonyl (C=O) groups is 5. The molecule has 9 heteroatoms. The predicted octanol–water partition coefficient (Wildman–Crippen LogP) is 6.71. The molecule has 0 radical (unpaired) electrons. The normalized spacial score (nSPS) is 26.5. The molecule has 2 heterocycles. The standard InChI is InChI=1S/C43H39N3O6/c1-23-10-14-30(15-11-23)44-46-40(50)35-22-34-32(18-19-33-36(34)41(51)45(39(33)49)31-16-12-27(13-17-31)26(4)47)37(28-20-24(2)38(48)25(3)21-28)43(35,42(46)52)29-8-6-5-7-9-29/h5-18,20-21,33-37,44,48H,19,22H2,1-4H3/t33-,34+,35-,36-,37-,43+/m0/s1. The maximum absolute atomic E-state index is 15.3. The number of imide groups is 2. The number of aromatic hydroxyl groups is 1. The maximum Gasteiger partial charge on any atom is 0.260 e. The van der Waals surface area contributed by atoms with E-state index in [1.807, 2.05) is 93.6 Å². The number of anilines is 2. The Kier molecular flexibility index (Phi) is 7.78. The second kappa shape index (κ2) is 12.1. The third kappa shape index (κ3) is 4.78. The number of nitrogens with one attached hydrogen (secondary N) is 1. The number of aryl methyl sites for hydroxylation is 3. The van der Waals surface area contributed by atoms with Gasteiger partial charge in [0.1, 0.15) is 5.75 Å². The molecule has 4 aromatic rings. The smallest absolute Gasteiger partial charge is 0.260 e. The first-order valence-electron chi connectivity index (χ1n) is 17.7. The number of allylic oxidation sites excluding steroid dienone is 2. The molecule has 0 aromatic heterocycles. The first kappa shape index (κ1) is 33.3. The molecule has 8 rings (SSSR count). The lowest BCUT2D eigenvalue weighted by molar-refractivity contribution is -0.138. The van der Waals surface area contributed by atoms with Crippen LogP contribution in [-0.2, 0) is 24.6 Å². The van der Waals surface area contributed by atoms with Gasteiger partial charge in [-0.1, -0.05) is 71.8 Å². The predicted molar refractivity (Wildman–Crippen MR) is 195 cm³/mol. The minimum atomic E-state index is -1.39. The lowest BCUT2D eigenvalue weighted by Gasteiger charge is -2.50. The van der Waals surface area contributed by atoms with Crippen molar-refractivity contribution in [2.75, 3.05) is 10.3 Å². The Morgan fingerprint density at radius 1 is 0.808 bits per heavy atom. The molecule has 6 atom stereocenters. The second-order valence-electron chi connectivity index (χ2n) is 14.7. The molecule has 2 N–H and O–H groups in total. The van der Waals surface area contributed by atoms with Crippen molar-refractivity contribution in [1.82, 2.24) is 5.01 Å². The molecule has 4 aliphatic rings. The number of Topliss-reactive ketones (excluding diaryl/α,β-unsaturated/α-hetero) is 1. The Hall–Kier alpha value is -5.83. The van der Waals surface area contributed by atoms with Crippen molar-refractivity contribution in [3.05, 3.63) is 136 Å². The summed E-state index contributed by atoms with van der Waals surface area (Å²) in [5.74, 6) is -4.92. The molecule has 2 saturated heterocycles. The van der Waals surface area contributed by atoms with Gasteiger partial charge in [-0.15, -0.1) is 0 Å². The van der Waals surface area contributed by atoms with Crippen molar-refractivity contribution < 1.29 is 29.1 Å². The second-order valence-corrected chi connectivity index (χ2v) is 14.7. The summed E-state index contributed by atoms with van der Waals surface area (Å²) in [5.41, 5.74) is 7.76. The quantitative estimate of drug-likeness (QED) is 0.131. The number of benzene rings is 4. The fourth-order valence-electron chi connectivity index (χ4n) is 9.38. The molecule has 52 heavy (non-hydrogen) atoms. The Morgan fingerprint density at radius 2 is 1.46 bits per heavy atom. The highest BCUT2D eigenvalue weighted by molar-refractivity contribution is 6.22. The fraction of sp³-hybridized carbons (Fsp3) is 0.279. The van der Waals surface area contributed by atoms with E-state index in [0.717, 1.165) is 21.7 Å². The number of phenols is 1. The van der Waals surface area contributed by atoms with Crippen LogP contribution < -0.4 is 10.3 Å². The van der Waals surface area contributed by atoms with E-state index in [4.69, 9.17) is 0 Å². The van der Waals surface area contributed by atoms with Crippen LogP contribution in [0.25, 0.3) is 0 Å². The molecule has 262 valence electrons. The number of phenolic OH excluding ortho intramolecular Hbond substituents is 1. The van der Waals surface area contributed by atoms with Gasteiger partial charge in [0, 0.05) is 11.5 Å². The minimum absolute atomic E-state index is 0.121. The van der Waals surface area contributed by atoms with E-state index in [1.165, 1.54) is 11.8 Å². The van der Waals surface area contributed by atoms with Crippen molar-refractivity contribution in [1.29, 1.82) is 0 Å². The Balaban J connectivity index is 1.31. The van der Waals surface area contributed by atoms with Crippen molar-refractivity contribution >= 4 is 40.8 Å². The molecular formula is C43H39N3O6. The summed E-state index contributed by atoms with van der Waals surface area (Å²) in [6.45, 7) is 7.04. The Bertz CT molecular complexity index is 2190. The summed E-state index contributed by atoms with van der Waals surface area (Å²) in [7, 11) is 0. The van der Waals surface area contributed by atoms with E-state index in [2.05, 4.69) is 5.43 Å². The minimum Gasteiger partial charge on any atom is -0.507 e. The molecule has 4 amide bonds. The van der Waals surface area contributed by atoms with Crippen molar-refractivity contribution in [2.24, 2.45) is 23.7 Å². The van der Waals surface area contributed by atoms with Crippen LogP contribution in [0.5, 0.6) is 5.75 Å². The van der Waals surface area contributed by atoms with Crippen molar-refractivity contribution in [3.63, 3.8) is 0 Å². The van der Waals surface area contributed by atoms with Gasteiger partial charge in [0.2, 0.25) is 11.8 Å². The highest BCUT2D eigenvalue weighted by atomic mass is 16.3. The molecule has 2 aliphatic heterocycles. The molecule has 2 aliphatic carbocycles. The van der Waals surface area contributed by atoms with Gasteiger partial charge in [0.25, 0.3) is 11.8 Å². The van der Waals surface area contributed by atoms with Crippen LogP contribution in [0.1, 0.15) is 63.9 Å². The zero-order valence-electron chi connectivity index (χ0n) is 29.4. The number of nitrogens with zero attached hydrogens (tertiary/aromatic N) is 2. The fourth-order valence-corrected chi connectivity index (χ4v) is 9.38. The largest absolute Gasteiger partial charge is 0.507 e. The van der Waals surface area contributed by atoms with E-state index in [0.29, 0.717) is 40.0 Å². The van der Waals surface area contributed by atoms with E-state index < -0.39 is 46.8 Å². The zero-order chi connectivity index (χ0) is 36.6. The van der Waals surface area contributed by atoms with Crippen molar-refractivity contribution in [3.8, 4) is 5.75 Å². The van der Waals surface area contributed by atoms with Gasteiger partial charge in [0.15, 0.2) is 5.78 Å². The number of carbonyl (C=O) groups excluding carboxylic acids is 5. The average Bonchev–Trinajstić information content (AvgIpc) is 3.52. The van der Waals surface area contributed by atoms with Crippen LogP contribution in [0.4, 0.5) is 11.4 Å². The van der Waals surface area contributed by atoms with Crippen LogP contribution in [0.2, 0.25) is 0 Å². The summed E-state index contributed by atoms with van der Waals surface area (Å²) in [6, 6.07) is 27.1. The van der Waals surface area contributed by atoms with Crippen LogP contribution in [0.3, 0.4) is 0 Å². The lowest BCUT2D eigenvalue weighted by Crippen LogP contribution is -2.53. The monoisotopic (exact) mass is 693 g/mol. The van der Waals surface area contributed by atoms with Gasteiger partial charge in [-0.2, -0.15) is 5.01 Å². The first-order valence-corrected chi connectivity index (χ1v) is 17.7. The third-order valence-electron chi connectivity index (χ3n) is 11.8. The van der Waals surface area contributed by atoms with E-state index >= 15 is 4.79 Å². The highest BCUT2D eigenvalue weighted by Crippen LogP contribution is 2.64. The number of ketones is 1. The van der Waals surface area contributed by atoms with Crippen molar-refractivity contribution in [2.45, 2.75) is 51.9 Å². The number of rotatable bonds is 6. The topological polar surface area (TPSA) is 124 Å². The third-order valence-corrected chi connectivity index (χ3v) is 11.8. The lowest BCUT2D eigenvalue weighted by atomic mass is 9.49. The summed E-state index contributed by atoms with van der Waals surface area (Å²) >= 11 is 0. The van der Waals surface area contributed by atoms with Gasteiger partial charge >= 0.3 is 0 Å². The molecule has 9 nitrogen and oxygen atoms in total. The molecular weight excluding hydrogens is 654 g/mol. The average molecular weight is 694 g/mol. The zero-order valence-corrected chi connectivity index (χ0v) is 29.4. The maximum atomic E-state index is 15.3. The summed E-state index contributed by atoms with van der Waals surface area (Å²) in [4.78, 5) is 72.0. The number of fused-ring (bicyclic) bond motifs is 4. The SMILES string of the molecule is CC(=O)c1ccc(N2C(=O)[C@H]3[C@H](CC=C4[C@H]3C[C@H]3C(=O)N(Nc5ccc(C)cc5)C(=O)[C@@]3(c3ccccc3)[C@H]4c3cc(C)c(O)c(C)c3)C2=O)cc1. The van der Waals surface area contributed by atoms with Gasteiger partial charge < -0.3 is 5.11 Å². The van der Waals surface area contributed by atoms with Gasteiger partial charge in [-0.05, 0) is 105 Å². The van der Waals surface area contributed by atoms with E-state index in [-0.39, 0.29) is 29.8 Å². The summed E-state index contributed by atoms with van der Waals surface area (Å²) < 4.78 is 0. The summed E-state index contributed by atoms with van der Waals surface area (Å²) in [5, 5.41) is 12.0. The molecule has 0 spiro atoms. The molecule has 0 unspecified atom stereocenters. The van der Waals surface area contributed by atoms with Gasteiger partial charge in [-0.3, -0.25) is 34.3 Å². The van der Waals surface area contributed by atoms with Gasteiger partial charge in [-0.25, -0.2) is 0 Å². The highest BCUT2D eigenvalue weighted by Gasteiger charge is 2.70. The molecule has 1 saturated carbocycles. The van der Waals surface area contributed by atoms with Gasteiger partial charge in [0.05, 0.1) is 34.5 Å².